The van der Waals surface area contributed by atoms with Crippen LogP contribution < -0.4 is 5.43 Å². The van der Waals surface area contributed by atoms with Gasteiger partial charge in [0.1, 0.15) is 0 Å². The lowest BCUT2D eigenvalue weighted by Gasteiger charge is -2.26. The van der Waals surface area contributed by atoms with Crippen molar-refractivity contribution in [3.05, 3.63) is 48.0 Å². The normalized spacial score (nSPS) is 16.4. The number of hydrazine groups is 1. The van der Waals surface area contributed by atoms with Gasteiger partial charge in [0.2, 0.25) is 0 Å². The van der Waals surface area contributed by atoms with Crippen molar-refractivity contribution in [2.45, 2.75) is 19.3 Å². The number of rotatable bonds is 2. The molecule has 1 aliphatic rings. The van der Waals surface area contributed by atoms with Crippen LogP contribution in [-0.4, -0.2) is 24.0 Å². The summed E-state index contributed by atoms with van der Waals surface area (Å²) in [5, 5.41) is 4.30. The van der Waals surface area contributed by atoms with E-state index >= 15 is 0 Å². The number of nitrogens with zero attached hydrogens (tertiary/aromatic N) is 1. The monoisotopic (exact) mass is 254 g/mol. The summed E-state index contributed by atoms with van der Waals surface area (Å²) in [6, 6.07) is 13.9. The minimum atomic E-state index is -0.00680. The number of carbonyl (C=O) groups excluding carboxylic acids is 1. The van der Waals surface area contributed by atoms with Crippen LogP contribution in [-0.2, 0) is 0 Å². The predicted molar refractivity (Wildman–Crippen MR) is 76.8 cm³/mol. The quantitative estimate of drug-likeness (QED) is 0.893. The summed E-state index contributed by atoms with van der Waals surface area (Å²) in [6.45, 7) is 1.92. The van der Waals surface area contributed by atoms with E-state index in [2.05, 4.69) is 11.5 Å². The minimum absolute atomic E-state index is 0.00680. The molecule has 0 bridgehead atoms. The molecule has 1 aliphatic heterocycles. The highest BCUT2D eigenvalue weighted by molar-refractivity contribution is 5.98. The standard InChI is InChI=1S/C16H18N2O/c19-16(17-18-10-4-1-5-11-18)15-9-8-13-6-2-3-7-14(13)12-15/h2-3,6-9,12H,1,4-5,10-11H2,(H,17,19). The van der Waals surface area contributed by atoms with E-state index in [1.165, 1.54) is 6.42 Å². The van der Waals surface area contributed by atoms with Crippen LogP contribution in [0.5, 0.6) is 0 Å². The number of amides is 1. The molecule has 1 fully saturated rings. The van der Waals surface area contributed by atoms with Crippen molar-refractivity contribution < 1.29 is 4.79 Å². The van der Waals surface area contributed by atoms with Crippen molar-refractivity contribution in [2.75, 3.05) is 13.1 Å². The van der Waals surface area contributed by atoms with E-state index < -0.39 is 0 Å². The van der Waals surface area contributed by atoms with Crippen molar-refractivity contribution in [2.24, 2.45) is 0 Å². The number of piperidine rings is 1. The van der Waals surface area contributed by atoms with Crippen molar-refractivity contribution in [1.82, 2.24) is 10.4 Å². The summed E-state index contributed by atoms with van der Waals surface area (Å²) in [5.74, 6) is -0.00680. The highest BCUT2D eigenvalue weighted by Crippen LogP contribution is 2.16. The van der Waals surface area contributed by atoms with Crippen LogP contribution in [0.15, 0.2) is 42.5 Å². The molecule has 3 nitrogen and oxygen atoms in total. The summed E-state index contributed by atoms with van der Waals surface area (Å²) >= 11 is 0. The summed E-state index contributed by atoms with van der Waals surface area (Å²) in [5.41, 5.74) is 3.72. The van der Waals surface area contributed by atoms with E-state index in [1.54, 1.807) is 0 Å². The molecule has 2 aromatic rings. The lowest BCUT2D eigenvalue weighted by molar-refractivity contribution is 0.0750. The minimum Gasteiger partial charge on any atom is -0.285 e. The molecule has 0 aliphatic carbocycles. The third kappa shape index (κ3) is 2.76. The Bertz CT molecular complexity index is 588. The zero-order valence-corrected chi connectivity index (χ0v) is 10.9. The van der Waals surface area contributed by atoms with Gasteiger partial charge in [-0.15, -0.1) is 0 Å². The predicted octanol–water partition coefficient (Wildman–Crippen LogP) is 2.97. The Morgan fingerprint density at radius 1 is 0.947 bits per heavy atom. The molecular weight excluding hydrogens is 236 g/mol. The Labute approximate surface area is 113 Å². The van der Waals surface area contributed by atoms with Gasteiger partial charge in [-0.3, -0.25) is 10.2 Å². The number of benzene rings is 2. The number of carbonyl (C=O) groups is 1. The third-order valence-corrected chi connectivity index (χ3v) is 3.63. The molecule has 1 heterocycles. The van der Waals surface area contributed by atoms with E-state index in [-0.39, 0.29) is 5.91 Å². The lowest BCUT2D eigenvalue weighted by atomic mass is 10.1. The molecule has 0 unspecified atom stereocenters. The van der Waals surface area contributed by atoms with Gasteiger partial charge in [0.05, 0.1) is 0 Å². The van der Waals surface area contributed by atoms with Crippen LogP contribution in [0.3, 0.4) is 0 Å². The smallest absolute Gasteiger partial charge is 0.265 e. The van der Waals surface area contributed by atoms with Crippen molar-refractivity contribution in [1.29, 1.82) is 0 Å². The second-order valence-corrected chi connectivity index (χ2v) is 5.05. The SMILES string of the molecule is O=C(NN1CCCCC1)c1ccc2ccccc2c1. The first-order chi connectivity index (χ1) is 9.33. The zero-order valence-electron chi connectivity index (χ0n) is 10.9. The van der Waals surface area contributed by atoms with Crippen LogP contribution in [0.2, 0.25) is 0 Å². The van der Waals surface area contributed by atoms with Crippen LogP contribution in [0.25, 0.3) is 10.8 Å². The van der Waals surface area contributed by atoms with Gasteiger partial charge >= 0.3 is 0 Å². The molecule has 0 radical (unpaired) electrons. The molecule has 0 spiro atoms. The topological polar surface area (TPSA) is 32.3 Å². The maximum Gasteiger partial charge on any atom is 0.265 e. The Morgan fingerprint density at radius 3 is 2.47 bits per heavy atom. The van der Waals surface area contributed by atoms with Crippen LogP contribution >= 0.6 is 0 Å². The fourth-order valence-corrected chi connectivity index (χ4v) is 2.54. The molecule has 1 saturated heterocycles. The fraction of sp³-hybridized carbons (Fsp3) is 0.312. The number of nitrogens with one attached hydrogen (secondary N) is 1. The molecule has 3 heteroatoms. The molecule has 0 aromatic heterocycles. The number of hydrogen-bond donors (Lipinski definition) is 1. The van der Waals surface area contributed by atoms with Crippen LogP contribution in [0.4, 0.5) is 0 Å². The third-order valence-electron chi connectivity index (χ3n) is 3.63. The maximum atomic E-state index is 12.2. The van der Waals surface area contributed by atoms with Gasteiger partial charge in [-0.2, -0.15) is 0 Å². The van der Waals surface area contributed by atoms with Crippen molar-refractivity contribution in [3.63, 3.8) is 0 Å². The number of fused-ring (bicyclic) bond motifs is 1. The van der Waals surface area contributed by atoms with Gasteiger partial charge in [-0.05, 0) is 35.7 Å². The van der Waals surface area contributed by atoms with E-state index in [9.17, 15) is 4.79 Å². The van der Waals surface area contributed by atoms with E-state index in [1.807, 2.05) is 41.4 Å². The van der Waals surface area contributed by atoms with Gasteiger partial charge in [-0.1, -0.05) is 36.8 Å². The molecule has 0 saturated carbocycles. The first-order valence-electron chi connectivity index (χ1n) is 6.88. The Kier molecular flexibility index (Phi) is 3.47. The van der Waals surface area contributed by atoms with Crippen molar-refractivity contribution in [3.8, 4) is 0 Å². The maximum absolute atomic E-state index is 12.2. The summed E-state index contributed by atoms with van der Waals surface area (Å²) in [4.78, 5) is 12.2. The first kappa shape index (κ1) is 12.2. The molecule has 1 N–H and O–H groups in total. The van der Waals surface area contributed by atoms with E-state index in [4.69, 9.17) is 0 Å². The summed E-state index contributed by atoms with van der Waals surface area (Å²) in [7, 11) is 0. The van der Waals surface area contributed by atoms with Gasteiger partial charge in [0.15, 0.2) is 0 Å². The Morgan fingerprint density at radius 2 is 1.68 bits per heavy atom. The van der Waals surface area contributed by atoms with Gasteiger partial charge < -0.3 is 0 Å². The average molecular weight is 254 g/mol. The molecular formula is C16H18N2O. The molecule has 1 amide bonds. The summed E-state index contributed by atoms with van der Waals surface area (Å²) < 4.78 is 0. The largest absolute Gasteiger partial charge is 0.285 e. The highest BCUT2D eigenvalue weighted by Gasteiger charge is 2.14. The number of hydrogen-bond acceptors (Lipinski definition) is 2. The zero-order chi connectivity index (χ0) is 13.1. The molecule has 3 rings (SSSR count). The highest BCUT2D eigenvalue weighted by atomic mass is 16.2. The van der Waals surface area contributed by atoms with Crippen LogP contribution in [0.1, 0.15) is 29.6 Å². The van der Waals surface area contributed by atoms with Gasteiger partial charge in [-0.25, -0.2) is 5.01 Å². The lowest BCUT2D eigenvalue weighted by Crippen LogP contribution is -2.45. The first-order valence-corrected chi connectivity index (χ1v) is 6.88. The molecule has 2 aromatic carbocycles. The second kappa shape index (κ2) is 5.41. The Balaban J connectivity index is 1.77. The molecule has 0 atom stereocenters. The molecule has 19 heavy (non-hydrogen) atoms. The van der Waals surface area contributed by atoms with Crippen LogP contribution in [0, 0.1) is 0 Å². The average Bonchev–Trinajstić information content (AvgIpc) is 2.48. The van der Waals surface area contributed by atoms with E-state index in [0.29, 0.717) is 0 Å². The Hall–Kier alpha value is -1.87. The molecule has 98 valence electrons. The van der Waals surface area contributed by atoms with Gasteiger partial charge in [0, 0.05) is 18.7 Å². The van der Waals surface area contributed by atoms with Crippen molar-refractivity contribution >= 4 is 16.7 Å². The van der Waals surface area contributed by atoms with E-state index in [0.717, 1.165) is 42.3 Å². The summed E-state index contributed by atoms with van der Waals surface area (Å²) in [6.07, 6.45) is 3.60. The second-order valence-electron chi connectivity index (χ2n) is 5.05. The van der Waals surface area contributed by atoms with Gasteiger partial charge in [0.25, 0.3) is 5.91 Å². The fourth-order valence-electron chi connectivity index (χ4n) is 2.54.